The molecule has 2 saturated heterocycles. The van der Waals surface area contributed by atoms with Crippen LogP contribution in [0.4, 0.5) is 0 Å². The molecule has 1 unspecified atom stereocenters. The predicted molar refractivity (Wildman–Crippen MR) is 84.5 cm³/mol. The van der Waals surface area contributed by atoms with Gasteiger partial charge in [0.25, 0.3) is 0 Å². The molecular formula is C16H21N3O2S. The third-order valence-corrected chi connectivity index (χ3v) is 5.28. The van der Waals surface area contributed by atoms with E-state index in [-0.39, 0.29) is 11.9 Å². The number of thiophene rings is 1. The van der Waals surface area contributed by atoms with Gasteiger partial charge < -0.3 is 9.64 Å². The van der Waals surface area contributed by atoms with Gasteiger partial charge in [-0.05, 0) is 25.5 Å². The molecule has 2 fully saturated rings. The first kappa shape index (κ1) is 15.5. The highest BCUT2D eigenvalue weighted by Gasteiger charge is 2.32. The lowest BCUT2D eigenvalue weighted by molar-refractivity contribution is -0.142. The van der Waals surface area contributed by atoms with E-state index in [1.807, 2.05) is 16.3 Å². The Morgan fingerprint density at radius 1 is 1.36 bits per heavy atom. The van der Waals surface area contributed by atoms with Gasteiger partial charge in [0.05, 0.1) is 24.8 Å². The number of hydrogen-bond donors (Lipinski definition) is 0. The number of ether oxygens (including phenoxy) is 1. The Labute approximate surface area is 135 Å². The molecule has 0 radical (unpaired) electrons. The zero-order valence-corrected chi connectivity index (χ0v) is 13.5. The highest BCUT2D eigenvalue weighted by molar-refractivity contribution is 7.10. The Balaban J connectivity index is 1.67. The molecule has 0 aromatic carbocycles. The Hall–Kier alpha value is -1.42. The van der Waals surface area contributed by atoms with Crippen LogP contribution in [0, 0.1) is 11.3 Å². The number of carbonyl (C=O) groups excluding carboxylic acids is 1. The van der Waals surface area contributed by atoms with Gasteiger partial charge in [0.1, 0.15) is 6.07 Å². The Morgan fingerprint density at radius 3 is 2.91 bits per heavy atom. The monoisotopic (exact) mass is 319 g/mol. The van der Waals surface area contributed by atoms with Crippen molar-refractivity contribution in [2.75, 3.05) is 32.8 Å². The average molecular weight is 319 g/mol. The summed E-state index contributed by atoms with van der Waals surface area (Å²) >= 11 is 1.61. The fraction of sp³-hybridized carbons (Fsp3) is 0.625. The van der Waals surface area contributed by atoms with Gasteiger partial charge in [-0.15, -0.1) is 11.3 Å². The second-order valence-corrected chi connectivity index (χ2v) is 6.83. The molecule has 1 amide bonds. The van der Waals surface area contributed by atoms with E-state index in [1.165, 1.54) is 4.88 Å². The van der Waals surface area contributed by atoms with E-state index in [1.54, 1.807) is 11.3 Å². The van der Waals surface area contributed by atoms with Crippen LogP contribution < -0.4 is 0 Å². The molecule has 0 bridgehead atoms. The van der Waals surface area contributed by atoms with Crippen LogP contribution in [0.25, 0.3) is 0 Å². The summed E-state index contributed by atoms with van der Waals surface area (Å²) in [6.07, 6.45) is 3.20. The van der Waals surface area contributed by atoms with Gasteiger partial charge in [-0.3, -0.25) is 9.69 Å². The molecule has 3 heterocycles. The van der Waals surface area contributed by atoms with Gasteiger partial charge in [-0.25, -0.2) is 0 Å². The SMILES string of the molecule is N#Cc1csc(CN2CCCCC2C(=O)N2CCOCC2)c1. The van der Waals surface area contributed by atoms with Crippen molar-refractivity contribution < 1.29 is 9.53 Å². The number of rotatable bonds is 3. The van der Waals surface area contributed by atoms with Crippen LogP contribution in [-0.4, -0.2) is 54.6 Å². The Morgan fingerprint density at radius 2 is 2.18 bits per heavy atom. The summed E-state index contributed by atoms with van der Waals surface area (Å²) in [6.45, 7) is 4.44. The second kappa shape index (κ2) is 7.23. The molecule has 2 aliphatic heterocycles. The summed E-state index contributed by atoms with van der Waals surface area (Å²) in [5, 5.41) is 10.8. The maximum Gasteiger partial charge on any atom is 0.240 e. The van der Waals surface area contributed by atoms with Gasteiger partial charge in [0, 0.05) is 29.9 Å². The fourth-order valence-electron chi connectivity index (χ4n) is 3.18. The number of nitrogens with zero attached hydrogens (tertiary/aromatic N) is 3. The van der Waals surface area contributed by atoms with Crippen LogP contribution in [0.2, 0.25) is 0 Å². The molecular weight excluding hydrogens is 298 g/mol. The van der Waals surface area contributed by atoms with E-state index in [2.05, 4.69) is 11.0 Å². The zero-order chi connectivity index (χ0) is 15.4. The molecule has 118 valence electrons. The number of carbonyl (C=O) groups is 1. The minimum absolute atomic E-state index is 0.0144. The van der Waals surface area contributed by atoms with Crippen molar-refractivity contribution in [1.82, 2.24) is 9.80 Å². The maximum absolute atomic E-state index is 12.8. The van der Waals surface area contributed by atoms with E-state index < -0.39 is 0 Å². The summed E-state index contributed by atoms with van der Waals surface area (Å²) in [4.78, 5) is 18.2. The summed E-state index contributed by atoms with van der Waals surface area (Å²) in [7, 11) is 0. The number of likely N-dealkylation sites (tertiary alicyclic amines) is 1. The van der Waals surface area contributed by atoms with Gasteiger partial charge in [0.15, 0.2) is 0 Å². The minimum atomic E-state index is -0.0144. The summed E-state index contributed by atoms with van der Waals surface area (Å²) in [5.74, 6) is 0.250. The molecule has 2 aliphatic rings. The van der Waals surface area contributed by atoms with Gasteiger partial charge in [-0.1, -0.05) is 6.42 Å². The number of amides is 1. The molecule has 6 heteroatoms. The molecule has 0 aliphatic carbocycles. The first-order valence-electron chi connectivity index (χ1n) is 7.86. The van der Waals surface area contributed by atoms with Crippen LogP contribution >= 0.6 is 11.3 Å². The highest BCUT2D eigenvalue weighted by Crippen LogP contribution is 2.24. The third kappa shape index (κ3) is 3.49. The van der Waals surface area contributed by atoms with Gasteiger partial charge in [0.2, 0.25) is 5.91 Å². The summed E-state index contributed by atoms with van der Waals surface area (Å²) < 4.78 is 5.34. The number of piperidine rings is 1. The van der Waals surface area contributed by atoms with Crippen molar-refractivity contribution in [1.29, 1.82) is 5.26 Å². The quantitative estimate of drug-likeness (QED) is 0.853. The van der Waals surface area contributed by atoms with E-state index in [9.17, 15) is 4.79 Å². The van der Waals surface area contributed by atoms with E-state index >= 15 is 0 Å². The topological polar surface area (TPSA) is 56.6 Å². The normalized spacial score (nSPS) is 23.2. The molecule has 0 N–H and O–H groups in total. The zero-order valence-electron chi connectivity index (χ0n) is 12.7. The van der Waals surface area contributed by atoms with Crippen molar-refractivity contribution in [3.05, 3.63) is 21.9 Å². The highest BCUT2D eigenvalue weighted by atomic mass is 32.1. The summed E-state index contributed by atoms with van der Waals surface area (Å²) in [6, 6.07) is 4.10. The Bertz CT molecular complexity index is 560. The minimum Gasteiger partial charge on any atom is -0.378 e. The van der Waals surface area contributed by atoms with Crippen LogP contribution in [0.15, 0.2) is 11.4 Å². The number of nitriles is 1. The standard InChI is InChI=1S/C16H21N3O2S/c17-10-13-9-14(22-12-13)11-19-4-2-1-3-15(19)16(20)18-5-7-21-8-6-18/h9,12,15H,1-8,11H2. The molecule has 1 aromatic rings. The third-order valence-electron chi connectivity index (χ3n) is 4.36. The summed E-state index contributed by atoms with van der Waals surface area (Å²) in [5.41, 5.74) is 0.716. The first-order valence-corrected chi connectivity index (χ1v) is 8.74. The van der Waals surface area contributed by atoms with E-state index in [0.29, 0.717) is 31.9 Å². The van der Waals surface area contributed by atoms with Crippen molar-refractivity contribution in [3.63, 3.8) is 0 Å². The molecule has 5 nitrogen and oxygen atoms in total. The lowest BCUT2D eigenvalue weighted by Crippen LogP contribution is -2.53. The molecule has 22 heavy (non-hydrogen) atoms. The lowest BCUT2D eigenvalue weighted by Gasteiger charge is -2.38. The fourth-order valence-corrected chi connectivity index (χ4v) is 4.01. The molecule has 0 spiro atoms. The lowest BCUT2D eigenvalue weighted by atomic mass is 10.0. The maximum atomic E-state index is 12.8. The van der Waals surface area contributed by atoms with Gasteiger partial charge >= 0.3 is 0 Å². The predicted octanol–water partition coefficient (Wildman–Crippen LogP) is 1.83. The van der Waals surface area contributed by atoms with Crippen molar-refractivity contribution in [3.8, 4) is 6.07 Å². The molecule has 0 saturated carbocycles. The smallest absolute Gasteiger partial charge is 0.240 e. The number of hydrogen-bond acceptors (Lipinski definition) is 5. The average Bonchev–Trinajstić information content (AvgIpc) is 3.03. The first-order chi connectivity index (χ1) is 10.8. The molecule has 3 rings (SSSR count). The van der Waals surface area contributed by atoms with E-state index in [4.69, 9.17) is 10.00 Å². The second-order valence-electron chi connectivity index (χ2n) is 5.83. The van der Waals surface area contributed by atoms with E-state index in [0.717, 1.165) is 32.4 Å². The van der Waals surface area contributed by atoms with Crippen molar-refractivity contribution >= 4 is 17.2 Å². The van der Waals surface area contributed by atoms with Crippen LogP contribution in [0.5, 0.6) is 0 Å². The van der Waals surface area contributed by atoms with Crippen molar-refractivity contribution in [2.24, 2.45) is 0 Å². The van der Waals surface area contributed by atoms with Crippen molar-refractivity contribution in [2.45, 2.75) is 31.8 Å². The molecule has 1 aromatic heterocycles. The van der Waals surface area contributed by atoms with Gasteiger partial charge in [-0.2, -0.15) is 5.26 Å². The number of morpholine rings is 1. The largest absolute Gasteiger partial charge is 0.378 e. The van der Waals surface area contributed by atoms with Crippen LogP contribution in [0.3, 0.4) is 0 Å². The molecule has 1 atom stereocenters. The van der Waals surface area contributed by atoms with Crippen LogP contribution in [-0.2, 0) is 16.1 Å². The van der Waals surface area contributed by atoms with Crippen LogP contribution in [0.1, 0.15) is 29.7 Å². The Kier molecular flexibility index (Phi) is 5.08.